The Hall–Kier alpha value is -1.06. The summed E-state index contributed by atoms with van der Waals surface area (Å²) in [4.78, 5) is 11.9. The van der Waals surface area contributed by atoms with Crippen LogP contribution in [0.15, 0.2) is 24.3 Å². The van der Waals surface area contributed by atoms with Crippen molar-refractivity contribution < 1.29 is 9.90 Å². The molecule has 1 saturated carbocycles. The summed E-state index contributed by atoms with van der Waals surface area (Å²) in [5.41, 5.74) is 0.609. The van der Waals surface area contributed by atoms with Crippen LogP contribution >= 0.6 is 11.6 Å². The lowest BCUT2D eigenvalue weighted by Gasteiger charge is -2.18. The number of carbonyl (C=O) groups excluding carboxylic acids is 1. The molecule has 2 N–H and O–H groups in total. The molecule has 0 spiro atoms. The molecule has 0 aromatic heterocycles. The van der Waals surface area contributed by atoms with Gasteiger partial charge in [0.15, 0.2) is 0 Å². The van der Waals surface area contributed by atoms with Gasteiger partial charge >= 0.3 is 0 Å². The van der Waals surface area contributed by atoms with Gasteiger partial charge in [0, 0.05) is 29.2 Å². The van der Waals surface area contributed by atoms with E-state index < -0.39 is 0 Å². The van der Waals surface area contributed by atoms with Crippen LogP contribution in [-0.2, 0) is 0 Å². The summed E-state index contributed by atoms with van der Waals surface area (Å²) in [5.74, 6) is 0.110. The zero-order valence-electron chi connectivity index (χ0n) is 9.53. The molecule has 0 radical (unpaired) electrons. The van der Waals surface area contributed by atoms with Gasteiger partial charge in [0.25, 0.3) is 5.91 Å². The Balaban J connectivity index is 1.99. The third-order valence-corrected chi connectivity index (χ3v) is 3.57. The van der Waals surface area contributed by atoms with E-state index in [0.29, 0.717) is 10.6 Å². The number of carbonyl (C=O) groups is 1. The molecule has 4 heteroatoms. The minimum Gasteiger partial charge on any atom is -0.396 e. The molecule has 3 nitrogen and oxygen atoms in total. The van der Waals surface area contributed by atoms with E-state index in [-0.39, 0.29) is 24.5 Å². The lowest BCUT2D eigenvalue weighted by atomic mass is 10.0. The second-order valence-corrected chi connectivity index (χ2v) is 4.90. The average molecular weight is 254 g/mol. The van der Waals surface area contributed by atoms with Crippen LogP contribution in [0.3, 0.4) is 0 Å². The third-order valence-electron chi connectivity index (χ3n) is 3.32. The standard InChI is InChI=1S/C13H16ClNO2/c14-11-6-4-9(5-7-11)13(17)15-12-3-1-2-10(12)8-16/h4-7,10,12,16H,1-3,8H2,(H,15,17). The first-order chi connectivity index (χ1) is 8.20. The van der Waals surface area contributed by atoms with Crippen molar-refractivity contribution >= 4 is 17.5 Å². The molecule has 1 amide bonds. The van der Waals surface area contributed by atoms with Crippen molar-refractivity contribution in [3.8, 4) is 0 Å². The maximum Gasteiger partial charge on any atom is 0.251 e. The van der Waals surface area contributed by atoms with E-state index in [1.54, 1.807) is 24.3 Å². The molecule has 0 aliphatic heterocycles. The second kappa shape index (κ2) is 5.52. The highest BCUT2D eigenvalue weighted by atomic mass is 35.5. The van der Waals surface area contributed by atoms with Crippen LogP contribution in [0, 0.1) is 5.92 Å². The number of aliphatic hydroxyl groups excluding tert-OH is 1. The Morgan fingerprint density at radius 2 is 2.06 bits per heavy atom. The SMILES string of the molecule is O=C(NC1CCCC1CO)c1ccc(Cl)cc1. The smallest absolute Gasteiger partial charge is 0.251 e. The minimum absolute atomic E-state index is 0.0907. The summed E-state index contributed by atoms with van der Waals surface area (Å²) < 4.78 is 0. The van der Waals surface area contributed by atoms with Crippen molar-refractivity contribution in [2.45, 2.75) is 25.3 Å². The number of aliphatic hydroxyl groups is 1. The predicted octanol–water partition coefficient (Wildman–Crippen LogP) is 2.23. The molecule has 0 heterocycles. The van der Waals surface area contributed by atoms with Gasteiger partial charge in [0.2, 0.25) is 0 Å². The summed E-state index contributed by atoms with van der Waals surface area (Å²) in [5, 5.41) is 12.8. The van der Waals surface area contributed by atoms with Gasteiger partial charge in [-0.05, 0) is 37.1 Å². The Morgan fingerprint density at radius 3 is 2.71 bits per heavy atom. The first-order valence-corrected chi connectivity index (χ1v) is 6.26. The number of rotatable bonds is 3. The fourth-order valence-electron chi connectivity index (χ4n) is 2.30. The molecule has 0 saturated heterocycles. The van der Waals surface area contributed by atoms with E-state index in [0.717, 1.165) is 19.3 Å². The highest BCUT2D eigenvalue weighted by Gasteiger charge is 2.27. The van der Waals surface area contributed by atoms with Crippen molar-refractivity contribution in [3.63, 3.8) is 0 Å². The van der Waals surface area contributed by atoms with E-state index in [4.69, 9.17) is 11.6 Å². The van der Waals surface area contributed by atoms with Crippen molar-refractivity contribution in [1.82, 2.24) is 5.32 Å². The summed E-state index contributed by atoms with van der Waals surface area (Å²) in [7, 11) is 0. The summed E-state index contributed by atoms with van der Waals surface area (Å²) in [6.07, 6.45) is 3.00. The molecule has 1 aromatic rings. The molecule has 2 unspecified atom stereocenters. The lowest BCUT2D eigenvalue weighted by Crippen LogP contribution is -2.38. The van der Waals surface area contributed by atoms with Crippen LogP contribution in [0.25, 0.3) is 0 Å². The first-order valence-electron chi connectivity index (χ1n) is 5.88. The minimum atomic E-state index is -0.0907. The number of halogens is 1. The molecule has 1 aliphatic carbocycles. The zero-order valence-corrected chi connectivity index (χ0v) is 10.3. The van der Waals surface area contributed by atoms with Gasteiger partial charge in [0.05, 0.1) is 0 Å². The summed E-state index contributed by atoms with van der Waals surface area (Å²) in [6.45, 7) is 0.144. The largest absolute Gasteiger partial charge is 0.396 e. The number of amides is 1. The molecule has 2 atom stereocenters. The molecule has 0 bridgehead atoms. The first kappa shape index (κ1) is 12.4. The van der Waals surface area contributed by atoms with Crippen LogP contribution in [0.4, 0.5) is 0 Å². The van der Waals surface area contributed by atoms with Crippen molar-refractivity contribution in [1.29, 1.82) is 0 Å². The Morgan fingerprint density at radius 1 is 1.35 bits per heavy atom. The molecule has 17 heavy (non-hydrogen) atoms. The Bertz CT molecular complexity index is 391. The summed E-state index contributed by atoms with van der Waals surface area (Å²) >= 11 is 5.77. The second-order valence-electron chi connectivity index (χ2n) is 4.46. The fourth-order valence-corrected chi connectivity index (χ4v) is 2.42. The van der Waals surface area contributed by atoms with E-state index in [1.165, 1.54) is 0 Å². The van der Waals surface area contributed by atoms with E-state index >= 15 is 0 Å². The van der Waals surface area contributed by atoms with Gasteiger partial charge in [-0.25, -0.2) is 0 Å². The Kier molecular flexibility index (Phi) is 4.02. The van der Waals surface area contributed by atoms with Gasteiger partial charge < -0.3 is 10.4 Å². The van der Waals surface area contributed by atoms with Crippen molar-refractivity contribution in [2.24, 2.45) is 5.92 Å². The molecule has 92 valence electrons. The van der Waals surface area contributed by atoms with Gasteiger partial charge in [0.1, 0.15) is 0 Å². The number of benzene rings is 1. The highest BCUT2D eigenvalue weighted by Crippen LogP contribution is 2.25. The van der Waals surface area contributed by atoms with Crippen molar-refractivity contribution in [2.75, 3.05) is 6.61 Å². The zero-order chi connectivity index (χ0) is 12.3. The van der Waals surface area contributed by atoms with Gasteiger partial charge in [-0.3, -0.25) is 4.79 Å². The van der Waals surface area contributed by atoms with Crippen LogP contribution < -0.4 is 5.32 Å². The van der Waals surface area contributed by atoms with E-state index in [9.17, 15) is 9.90 Å². The van der Waals surface area contributed by atoms with E-state index in [2.05, 4.69) is 5.32 Å². The number of hydrogen-bond acceptors (Lipinski definition) is 2. The third kappa shape index (κ3) is 2.99. The van der Waals surface area contributed by atoms with Gasteiger partial charge in [-0.2, -0.15) is 0 Å². The lowest BCUT2D eigenvalue weighted by molar-refractivity contribution is 0.0916. The van der Waals surface area contributed by atoms with Crippen LogP contribution in [0.5, 0.6) is 0 Å². The molecule has 1 aromatic carbocycles. The predicted molar refractivity (Wildman–Crippen MR) is 67.1 cm³/mol. The topological polar surface area (TPSA) is 49.3 Å². The maximum atomic E-state index is 11.9. The van der Waals surface area contributed by atoms with Crippen LogP contribution in [0.1, 0.15) is 29.6 Å². The molecule has 1 aliphatic rings. The van der Waals surface area contributed by atoms with Crippen molar-refractivity contribution in [3.05, 3.63) is 34.9 Å². The maximum absolute atomic E-state index is 11.9. The molecule has 1 fully saturated rings. The average Bonchev–Trinajstić information content (AvgIpc) is 2.77. The van der Waals surface area contributed by atoms with E-state index in [1.807, 2.05) is 0 Å². The molecular weight excluding hydrogens is 238 g/mol. The van der Waals surface area contributed by atoms with Crippen LogP contribution in [0.2, 0.25) is 5.02 Å². The van der Waals surface area contributed by atoms with Crippen LogP contribution in [-0.4, -0.2) is 23.7 Å². The monoisotopic (exact) mass is 253 g/mol. The quantitative estimate of drug-likeness (QED) is 0.868. The molecular formula is C13H16ClNO2. The van der Waals surface area contributed by atoms with Gasteiger partial charge in [-0.1, -0.05) is 18.0 Å². The highest BCUT2D eigenvalue weighted by molar-refractivity contribution is 6.30. The molecule has 2 rings (SSSR count). The number of hydrogen-bond donors (Lipinski definition) is 2. The Labute approximate surface area is 106 Å². The van der Waals surface area contributed by atoms with Gasteiger partial charge in [-0.15, -0.1) is 0 Å². The normalized spacial score (nSPS) is 23.6. The fraction of sp³-hybridized carbons (Fsp3) is 0.462. The summed E-state index contributed by atoms with van der Waals surface area (Å²) in [6, 6.07) is 6.92. The number of nitrogens with one attached hydrogen (secondary N) is 1.